The number of carbonyl (C=O) groups is 2. The van der Waals surface area contributed by atoms with Crippen molar-refractivity contribution in [2.45, 2.75) is 11.3 Å². The summed E-state index contributed by atoms with van der Waals surface area (Å²) in [6, 6.07) is 5.93. The Morgan fingerprint density at radius 3 is 2.61 bits per heavy atom. The highest BCUT2D eigenvalue weighted by Crippen LogP contribution is 2.30. The average molecular weight is 480 g/mol. The van der Waals surface area contributed by atoms with E-state index in [4.69, 9.17) is 14.2 Å². The first kappa shape index (κ1) is 24.4. The SMILES string of the molecule is COc1ccc(NC(=O)COC(=O)CCNc2ncccn2)cc1S(=O)(=O)N1CCOCC1. The van der Waals surface area contributed by atoms with Gasteiger partial charge in [-0.2, -0.15) is 4.31 Å². The first-order valence-electron chi connectivity index (χ1n) is 10.1. The summed E-state index contributed by atoms with van der Waals surface area (Å²) in [6.07, 6.45) is 3.14. The van der Waals surface area contributed by atoms with Crippen molar-refractivity contribution in [2.24, 2.45) is 0 Å². The van der Waals surface area contributed by atoms with E-state index in [-0.39, 0.29) is 42.4 Å². The minimum Gasteiger partial charge on any atom is -0.495 e. The molecule has 12 nitrogen and oxygen atoms in total. The van der Waals surface area contributed by atoms with Crippen LogP contribution in [0.5, 0.6) is 5.75 Å². The Kier molecular flexibility index (Phi) is 8.52. The summed E-state index contributed by atoms with van der Waals surface area (Å²) in [5, 5.41) is 5.39. The number of amides is 1. The Hall–Kier alpha value is -3.29. The standard InChI is InChI=1S/C20H25N5O7S/c1-30-16-4-3-15(13-17(16)33(28,29)25-9-11-31-12-10-25)24-18(26)14-32-19(27)5-8-23-20-21-6-2-7-22-20/h2-4,6-7,13H,5,8-12,14H2,1H3,(H,24,26)(H,21,22,23). The van der Waals surface area contributed by atoms with E-state index in [9.17, 15) is 18.0 Å². The van der Waals surface area contributed by atoms with E-state index < -0.39 is 28.5 Å². The molecule has 0 unspecified atom stereocenters. The van der Waals surface area contributed by atoms with E-state index in [1.54, 1.807) is 18.5 Å². The number of sulfonamides is 1. The van der Waals surface area contributed by atoms with E-state index in [0.29, 0.717) is 19.2 Å². The second-order valence-corrected chi connectivity index (χ2v) is 8.75. The van der Waals surface area contributed by atoms with E-state index in [0.717, 1.165) is 0 Å². The highest BCUT2D eigenvalue weighted by Gasteiger charge is 2.29. The molecule has 1 aliphatic heterocycles. The van der Waals surface area contributed by atoms with Crippen LogP contribution in [0.3, 0.4) is 0 Å². The van der Waals surface area contributed by atoms with Gasteiger partial charge >= 0.3 is 5.97 Å². The van der Waals surface area contributed by atoms with Crippen LogP contribution < -0.4 is 15.4 Å². The van der Waals surface area contributed by atoms with Crippen molar-refractivity contribution in [2.75, 3.05) is 57.2 Å². The van der Waals surface area contributed by atoms with E-state index in [2.05, 4.69) is 20.6 Å². The van der Waals surface area contributed by atoms with Crippen LogP contribution in [-0.4, -0.2) is 81.1 Å². The van der Waals surface area contributed by atoms with Gasteiger partial charge in [-0.25, -0.2) is 18.4 Å². The molecule has 2 aromatic rings. The highest BCUT2D eigenvalue weighted by atomic mass is 32.2. The Labute approximate surface area is 191 Å². The number of aromatic nitrogens is 2. The number of benzene rings is 1. The minimum atomic E-state index is -3.85. The first-order chi connectivity index (χ1) is 15.9. The number of hydrogen-bond acceptors (Lipinski definition) is 10. The van der Waals surface area contributed by atoms with Crippen LogP contribution in [-0.2, 0) is 29.1 Å². The number of ether oxygens (including phenoxy) is 3. The van der Waals surface area contributed by atoms with Crippen LogP contribution in [0.1, 0.15) is 6.42 Å². The summed E-state index contributed by atoms with van der Waals surface area (Å²) >= 11 is 0. The number of morpholine rings is 1. The third kappa shape index (κ3) is 6.84. The largest absolute Gasteiger partial charge is 0.495 e. The molecular weight excluding hydrogens is 454 g/mol. The molecule has 2 N–H and O–H groups in total. The number of nitrogens with one attached hydrogen (secondary N) is 2. The van der Waals surface area contributed by atoms with Crippen molar-refractivity contribution >= 4 is 33.5 Å². The van der Waals surface area contributed by atoms with Gasteiger partial charge in [0, 0.05) is 37.7 Å². The fraction of sp³-hybridized carbons (Fsp3) is 0.400. The van der Waals surface area contributed by atoms with Crippen LogP contribution in [0.4, 0.5) is 11.6 Å². The van der Waals surface area contributed by atoms with Gasteiger partial charge in [0.2, 0.25) is 16.0 Å². The molecule has 1 fully saturated rings. The lowest BCUT2D eigenvalue weighted by Gasteiger charge is -2.26. The number of carbonyl (C=O) groups excluding carboxylic acids is 2. The molecule has 1 amide bonds. The van der Waals surface area contributed by atoms with Gasteiger partial charge in [-0.05, 0) is 24.3 Å². The van der Waals surface area contributed by atoms with Crippen LogP contribution in [0.2, 0.25) is 0 Å². The second-order valence-electron chi connectivity index (χ2n) is 6.84. The lowest BCUT2D eigenvalue weighted by Crippen LogP contribution is -2.40. The Morgan fingerprint density at radius 2 is 1.91 bits per heavy atom. The Morgan fingerprint density at radius 1 is 1.18 bits per heavy atom. The molecule has 0 saturated carbocycles. The molecule has 3 rings (SSSR count). The fourth-order valence-electron chi connectivity index (χ4n) is 2.96. The van der Waals surface area contributed by atoms with Crippen molar-refractivity contribution in [3.63, 3.8) is 0 Å². The zero-order valence-electron chi connectivity index (χ0n) is 18.0. The van der Waals surface area contributed by atoms with Crippen molar-refractivity contribution in [1.82, 2.24) is 14.3 Å². The monoisotopic (exact) mass is 479 g/mol. The molecule has 0 spiro atoms. The van der Waals surface area contributed by atoms with Crippen LogP contribution >= 0.6 is 0 Å². The second kappa shape index (κ2) is 11.5. The first-order valence-corrected chi connectivity index (χ1v) is 11.6. The number of methoxy groups -OCH3 is 1. The quantitative estimate of drug-likeness (QED) is 0.461. The van der Waals surface area contributed by atoms with Gasteiger partial charge < -0.3 is 24.8 Å². The summed E-state index contributed by atoms with van der Waals surface area (Å²) in [7, 11) is -2.48. The molecule has 0 bridgehead atoms. The number of rotatable bonds is 10. The predicted octanol–water partition coefficient (Wildman–Crippen LogP) is 0.490. The smallest absolute Gasteiger partial charge is 0.308 e. The maximum absolute atomic E-state index is 13.0. The van der Waals surface area contributed by atoms with E-state index >= 15 is 0 Å². The highest BCUT2D eigenvalue weighted by molar-refractivity contribution is 7.89. The lowest BCUT2D eigenvalue weighted by atomic mass is 10.3. The van der Waals surface area contributed by atoms with Crippen LogP contribution in [0, 0.1) is 0 Å². The van der Waals surface area contributed by atoms with Crippen LogP contribution in [0.25, 0.3) is 0 Å². The van der Waals surface area contributed by atoms with Crippen molar-refractivity contribution in [3.8, 4) is 5.75 Å². The third-order valence-electron chi connectivity index (χ3n) is 4.58. The van der Waals surface area contributed by atoms with Crippen LogP contribution in [0.15, 0.2) is 41.6 Å². The van der Waals surface area contributed by atoms with Gasteiger partial charge in [0.15, 0.2) is 6.61 Å². The molecule has 0 atom stereocenters. The van der Waals surface area contributed by atoms with Crippen molar-refractivity contribution in [3.05, 3.63) is 36.7 Å². The number of hydrogen-bond donors (Lipinski definition) is 2. The molecule has 0 radical (unpaired) electrons. The van der Waals surface area contributed by atoms with Gasteiger partial charge in [-0.15, -0.1) is 0 Å². The van der Waals surface area contributed by atoms with E-state index in [1.165, 1.54) is 29.6 Å². The summed E-state index contributed by atoms with van der Waals surface area (Å²) in [4.78, 5) is 31.9. The molecule has 2 heterocycles. The normalized spacial score (nSPS) is 14.3. The third-order valence-corrected chi connectivity index (χ3v) is 6.50. The summed E-state index contributed by atoms with van der Waals surface area (Å²) in [6.45, 7) is 0.783. The topological polar surface area (TPSA) is 149 Å². The van der Waals surface area contributed by atoms with Gasteiger partial charge in [0.1, 0.15) is 10.6 Å². The molecule has 178 valence electrons. The molecule has 1 aliphatic rings. The fourth-order valence-corrected chi connectivity index (χ4v) is 4.55. The molecule has 0 aliphatic carbocycles. The molecule has 1 aromatic carbocycles. The maximum atomic E-state index is 13.0. The van der Waals surface area contributed by atoms with Gasteiger partial charge in [0.25, 0.3) is 5.91 Å². The Balaban J connectivity index is 1.54. The minimum absolute atomic E-state index is 0.00993. The van der Waals surface area contributed by atoms with Gasteiger partial charge in [-0.3, -0.25) is 9.59 Å². The number of esters is 1. The van der Waals surface area contributed by atoms with Gasteiger partial charge in [-0.1, -0.05) is 0 Å². The molecular formula is C20H25N5O7S. The van der Waals surface area contributed by atoms with Crippen molar-refractivity contribution < 1.29 is 32.2 Å². The molecule has 13 heteroatoms. The van der Waals surface area contributed by atoms with Gasteiger partial charge in [0.05, 0.1) is 26.7 Å². The summed E-state index contributed by atoms with van der Waals surface area (Å²) in [5.74, 6) is -0.660. The molecule has 33 heavy (non-hydrogen) atoms. The van der Waals surface area contributed by atoms with Crippen molar-refractivity contribution in [1.29, 1.82) is 0 Å². The lowest BCUT2D eigenvalue weighted by molar-refractivity contribution is -0.147. The number of nitrogens with zero attached hydrogens (tertiary/aromatic N) is 3. The zero-order chi connectivity index (χ0) is 23.7. The molecule has 1 aromatic heterocycles. The predicted molar refractivity (Wildman–Crippen MR) is 117 cm³/mol. The Bertz CT molecular complexity index is 1060. The number of anilines is 2. The zero-order valence-corrected chi connectivity index (χ0v) is 18.8. The van der Waals surface area contributed by atoms with E-state index in [1.807, 2.05) is 0 Å². The summed E-state index contributed by atoms with van der Waals surface area (Å²) < 4.78 is 42.7. The summed E-state index contributed by atoms with van der Waals surface area (Å²) in [5.41, 5.74) is 0.228. The maximum Gasteiger partial charge on any atom is 0.308 e. The average Bonchev–Trinajstić information content (AvgIpc) is 2.84. The molecule has 1 saturated heterocycles.